The Morgan fingerprint density at radius 2 is 1.28 bits per heavy atom. The van der Waals surface area contributed by atoms with E-state index in [9.17, 15) is 13.2 Å². The number of nitrogens with zero attached hydrogens (tertiary/aromatic N) is 1. The average Bonchev–Trinajstić information content (AvgIpc) is 2.75. The zero-order chi connectivity index (χ0) is 23.5. The second-order valence-electron chi connectivity index (χ2n) is 8.57. The van der Waals surface area contributed by atoms with E-state index >= 15 is 0 Å². The molecule has 0 saturated heterocycles. The van der Waals surface area contributed by atoms with Crippen molar-refractivity contribution in [3.8, 4) is 0 Å². The molecule has 1 aromatic rings. The molecule has 182 valence electrons. The molecule has 0 unspecified atom stereocenters. The highest BCUT2D eigenvalue weighted by atomic mass is 32.2. The Kier molecular flexibility index (Phi) is 15.5. The summed E-state index contributed by atoms with van der Waals surface area (Å²) in [5.41, 5.74) is 1.44. The molecule has 0 radical (unpaired) electrons. The van der Waals surface area contributed by atoms with Crippen molar-refractivity contribution >= 4 is 27.8 Å². The van der Waals surface area contributed by atoms with Crippen LogP contribution in [0.5, 0.6) is 0 Å². The number of carbonyl (C=O) groups excluding carboxylic acids is 1. The molecule has 0 aromatic heterocycles. The summed E-state index contributed by atoms with van der Waals surface area (Å²) in [6, 6.07) is 7.01. The standard InChI is InChI=1S/C25H43N3O3S/c1-3-4-5-6-7-8-9-10-11-12-13-14-15-16-21-32(30,31)28-26-22-24-17-19-25(20-18-24)27-23(2)29/h17-20,22,28H,3-16,21H2,1-2H3,(H,27,29)/b26-22+. The summed E-state index contributed by atoms with van der Waals surface area (Å²) in [5, 5.41) is 6.52. The third-order valence-electron chi connectivity index (χ3n) is 5.40. The average molecular weight is 466 g/mol. The predicted molar refractivity (Wildman–Crippen MR) is 136 cm³/mol. The van der Waals surface area contributed by atoms with Crippen LogP contribution >= 0.6 is 0 Å². The first-order valence-electron chi connectivity index (χ1n) is 12.3. The van der Waals surface area contributed by atoms with Gasteiger partial charge in [0.2, 0.25) is 15.9 Å². The van der Waals surface area contributed by atoms with Gasteiger partial charge in [0.25, 0.3) is 0 Å². The number of hydrazone groups is 1. The number of sulfonamides is 1. The zero-order valence-corrected chi connectivity index (χ0v) is 20.9. The summed E-state index contributed by atoms with van der Waals surface area (Å²) >= 11 is 0. The van der Waals surface area contributed by atoms with E-state index in [1.54, 1.807) is 24.3 Å². The Balaban J connectivity index is 2.03. The second kappa shape index (κ2) is 17.6. The molecule has 0 fully saturated rings. The topological polar surface area (TPSA) is 87.6 Å². The number of carbonyl (C=O) groups is 1. The highest BCUT2D eigenvalue weighted by Crippen LogP contribution is 2.13. The minimum atomic E-state index is -3.40. The Labute approximate surface area is 195 Å². The van der Waals surface area contributed by atoms with Crippen LogP contribution in [0.3, 0.4) is 0 Å². The van der Waals surface area contributed by atoms with Gasteiger partial charge in [0.15, 0.2) is 0 Å². The molecule has 0 heterocycles. The Morgan fingerprint density at radius 1 is 0.812 bits per heavy atom. The predicted octanol–water partition coefficient (Wildman–Crippen LogP) is 6.38. The first-order chi connectivity index (χ1) is 15.4. The van der Waals surface area contributed by atoms with Crippen LogP contribution in [0.4, 0.5) is 5.69 Å². The van der Waals surface area contributed by atoms with Crippen LogP contribution in [0, 0.1) is 0 Å². The van der Waals surface area contributed by atoms with Crippen molar-refractivity contribution in [1.29, 1.82) is 0 Å². The molecule has 0 aliphatic carbocycles. The molecule has 0 aliphatic rings. The van der Waals surface area contributed by atoms with E-state index in [1.165, 1.54) is 83.8 Å². The van der Waals surface area contributed by atoms with Crippen molar-refractivity contribution < 1.29 is 13.2 Å². The zero-order valence-electron chi connectivity index (χ0n) is 20.1. The van der Waals surface area contributed by atoms with Gasteiger partial charge in [-0.25, -0.2) is 13.2 Å². The first-order valence-corrected chi connectivity index (χ1v) is 14.0. The van der Waals surface area contributed by atoms with Gasteiger partial charge in [-0.05, 0) is 24.1 Å². The monoisotopic (exact) mass is 465 g/mol. The molecule has 0 aliphatic heterocycles. The van der Waals surface area contributed by atoms with E-state index in [0.717, 1.165) is 18.4 Å². The number of benzene rings is 1. The molecule has 6 nitrogen and oxygen atoms in total. The largest absolute Gasteiger partial charge is 0.326 e. The van der Waals surface area contributed by atoms with Gasteiger partial charge in [0.1, 0.15) is 0 Å². The fourth-order valence-corrected chi connectivity index (χ4v) is 4.46. The third-order valence-corrected chi connectivity index (χ3v) is 6.61. The van der Waals surface area contributed by atoms with E-state index in [1.807, 2.05) is 0 Å². The van der Waals surface area contributed by atoms with E-state index in [-0.39, 0.29) is 11.7 Å². The van der Waals surface area contributed by atoms with Crippen LogP contribution in [-0.2, 0) is 14.8 Å². The summed E-state index contributed by atoms with van der Waals surface area (Å²) < 4.78 is 24.1. The quantitative estimate of drug-likeness (QED) is 0.141. The minimum absolute atomic E-state index is 0.101. The number of rotatable bonds is 19. The lowest BCUT2D eigenvalue weighted by molar-refractivity contribution is -0.114. The lowest BCUT2D eigenvalue weighted by Gasteiger charge is -2.05. The minimum Gasteiger partial charge on any atom is -0.326 e. The Bertz CT molecular complexity index is 746. The molecule has 1 amide bonds. The molecule has 2 N–H and O–H groups in total. The number of hydrogen-bond acceptors (Lipinski definition) is 4. The SMILES string of the molecule is CCCCCCCCCCCCCCCCS(=O)(=O)N/N=C/c1ccc(NC(C)=O)cc1. The molecule has 1 aromatic carbocycles. The van der Waals surface area contributed by atoms with Gasteiger partial charge in [-0.3, -0.25) is 4.79 Å². The number of anilines is 1. The number of hydrogen-bond donors (Lipinski definition) is 2. The van der Waals surface area contributed by atoms with Crippen molar-refractivity contribution in [3.05, 3.63) is 29.8 Å². The fourth-order valence-electron chi connectivity index (χ4n) is 3.57. The maximum Gasteiger partial charge on any atom is 0.247 e. The van der Waals surface area contributed by atoms with Crippen LogP contribution in [-0.4, -0.2) is 26.3 Å². The lowest BCUT2D eigenvalue weighted by Crippen LogP contribution is -2.21. The van der Waals surface area contributed by atoms with Crippen LogP contribution in [0.25, 0.3) is 0 Å². The van der Waals surface area contributed by atoms with Crippen LogP contribution in [0.2, 0.25) is 0 Å². The third kappa shape index (κ3) is 15.8. The molecule has 0 saturated carbocycles. The molecule has 7 heteroatoms. The van der Waals surface area contributed by atoms with E-state index in [2.05, 4.69) is 22.2 Å². The smallest absolute Gasteiger partial charge is 0.247 e. The van der Waals surface area contributed by atoms with E-state index < -0.39 is 10.0 Å². The summed E-state index contributed by atoms with van der Waals surface area (Å²) in [4.78, 5) is 13.3. The molecule has 32 heavy (non-hydrogen) atoms. The summed E-state index contributed by atoms with van der Waals surface area (Å²) in [6.07, 6.45) is 18.8. The second-order valence-corrected chi connectivity index (χ2v) is 10.4. The van der Waals surface area contributed by atoms with Crippen molar-refractivity contribution in [2.24, 2.45) is 5.10 Å². The van der Waals surface area contributed by atoms with Crippen molar-refractivity contribution in [2.45, 2.75) is 104 Å². The van der Waals surface area contributed by atoms with Gasteiger partial charge in [-0.2, -0.15) is 5.10 Å². The maximum absolute atomic E-state index is 12.0. The van der Waals surface area contributed by atoms with Gasteiger partial charge in [-0.15, -0.1) is 0 Å². The summed E-state index contributed by atoms with van der Waals surface area (Å²) in [7, 11) is -3.40. The molecule has 1 rings (SSSR count). The van der Waals surface area contributed by atoms with E-state index in [0.29, 0.717) is 12.1 Å². The van der Waals surface area contributed by atoms with Gasteiger partial charge in [0, 0.05) is 12.6 Å². The Hall–Kier alpha value is -1.89. The number of nitrogens with one attached hydrogen (secondary N) is 2. The van der Waals surface area contributed by atoms with Crippen molar-refractivity contribution in [3.63, 3.8) is 0 Å². The van der Waals surface area contributed by atoms with E-state index in [4.69, 9.17) is 0 Å². The van der Waals surface area contributed by atoms with Gasteiger partial charge in [-0.1, -0.05) is 103 Å². The molecule has 0 spiro atoms. The highest BCUT2D eigenvalue weighted by Gasteiger charge is 2.07. The normalized spacial score (nSPS) is 11.7. The highest BCUT2D eigenvalue weighted by molar-refractivity contribution is 7.89. The van der Waals surface area contributed by atoms with Crippen molar-refractivity contribution in [2.75, 3.05) is 11.1 Å². The Morgan fingerprint density at radius 3 is 1.75 bits per heavy atom. The molecular weight excluding hydrogens is 422 g/mol. The van der Waals surface area contributed by atoms with Gasteiger partial charge in [0.05, 0.1) is 12.0 Å². The summed E-state index contributed by atoms with van der Waals surface area (Å²) in [6.45, 7) is 3.70. The van der Waals surface area contributed by atoms with Crippen LogP contribution < -0.4 is 10.1 Å². The maximum atomic E-state index is 12.0. The summed E-state index contributed by atoms with van der Waals surface area (Å²) in [5.74, 6) is -0.0354. The molecule has 0 atom stereocenters. The number of unbranched alkanes of at least 4 members (excludes halogenated alkanes) is 13. The fraction of sp³-hybridized carbons (Fsp3) is 0.680. The lowest BCUT2D eigenvalue weighted by atomic mass is 10.0. The molecule has 0 bridgehead atoms. The first kappa shape index (κ1) is 28.1. The number of amides is 1. The van der Waals surface area contributed by atoms with Crippen LogP contribution in [0.1, 0.15) is 109 Å². The van der Waals surface area contributed by atoms with Gasteiger partial charge >= 0.3 is 0 Å². The van der Waals surface area contributed by atoms with Crippen LogP contribution in [0.15, 0.2) is 29.4 Å². The molecular formula is C25H43N3O3S. The van der Waals surface area contributed by atoms with Crippen molar-refractivity contribution in [1.82, 2.24) is 4.83 Å². The van der Waals surface area contributed by atoms with Gasteiger partial charge < -0.3 is 5.32 Å².